The van der Waals surface area contributed by atoms with E-state index in [4.69, 9.17) is 5.26 Å². The van der Waals surface area contributed by atoms with E-state index in [0.29, 0.717) is 11.1 Å². The van der Waals surface area contributed by atoms with Crippen LogP contribution in [0.25, 0.3) is 0 Å². The molecule has 102 valence electrons. The van der Waals surface area contributed by atoms with Gasteiger partial charge in [-0.25, -0.2) is 8.42 Å². The molecule has 0 radical (unpaired) electrons. The molecule has 0 bridgehead atoms. The van der Waals surface area contributed by atoms with Crippen LogP contribution in [0.1, 0.15) is 11.1 Å². The van der Waals surface area contributed by atoms with Gasteiger partial charge < -0.3 is 5.11 Å². The largest absolute Gasteiger partial charge is 0.508 e. The van der Waals surface area contributed by atoms with Crippen molar-refractivity contribution in [3.63, 3.8) is 0 Å². The predicted octanol–water partition coefficient (Wildman–Crippen LogP) is 2.37. The number of nitrogens with one attached hydrogen (secondary N) is 1. The van der Waals surface area contributed by atoms with E-state index < -0.39 is 10.0 Å². The van der Waals surface area contributed by atoms with Crippen molar-refractivity contribution >= 4 is 15.7 Å². The van der Waals surface area contributed by atoms with Crippen molar-refractivity contribution in [3.05, 3.63) is 53.6 Å². The van der Waals surface area contributed by atoms with E-state index in [9.17, 15) is 13.5 Å². The van der Waals surface area contributed by atoms with E-state index in [2.05, 4.69) is 4.72 Å². The smallest absolute Gasteiger partial charge is 0.261 e. The summed E-state index contributed by atoms with van der Waals surface area (Å²) in [5.41, 5.74) is 1.29. The van der Waals surface area contributed by atoms with Crippen LogP contribution in [0.5, 0.6) is 5.75 Å². The maximum Gasteiger partial charge on any atom is 0.261 e. The van der Waals surface area contributed by atoms with Crippen LogP contribution in [0.3, 0.4) is 0 Å². The van der Waals surface area contributed by atoms with Crippen molar-refractivity contribution in [2.24, 2.45) is 0 Å². The Morgan fingerprint density at radius 3 is 2.55 bits per heavy atom. The van der Waals surface area contributed by atoms with Gasteiger partial charge in [-0.1, -0.05) is 6.07 Å². The number of nitrogens with zero attached hydrogens (tertiary/aromatic N) is 1. The normalized spacial score (nSPS) is 10.8. The summed E-state index contributed by atoms with van der Waals surface area (Å²) in [5, 5.41) is 18.2. The second-order valence-electron chi connectivity index (χ2n) is 4.24. The van der Waals surface area contributed by atoms with Crippen LogP contribution in [-0.2, 0) is 10.0 Å². The van der Waals surface area contributed by atoms with E-state index in [-0.39, 0.29) is 16.3 Å². The Morgan fingerprint density at radius 2 is 1.95 bits per heavy atom. The zero-order valence-electron chi connectivity index (χ0n) is 10.7. The van der Waals surface area contributed by atoms with Crippen LogP contribution in [0, 0.1) is 18.3 Å². The number of phenolic OH excluding ortho intramolecular Hbond substituents is 1. The molecule has 0 atom stereocenters. The molecule has 20 heavy (non-hydrogen) atoms. The molecular weight excluding hydrogens is 276 g/mol. The van der Waals surface area contributed by atoms with Crippen LogP contribution < -0.4 is 4.72 Å². The molecule has 2 aromatic rings. The third kappa shape index (κ3) is 2.90. The van der Waals surface area contributed by atoms with Crippen molar-refractivity contribution in [1.29, 1.82) is 5.26 Å². The van der Waals surface area contributed by atoms with E-state index in [1.807, 2.05) is 6.07 Å². The van der Waals surface area contributed by atoms with Gasteiger partial charge in [-0.3, -0.25) is 4.72 Å². The number of hydrogen-bond donors (Lipinski definition) is 2. The van der Waals surface area contributed by atoms with Crippen LogP contribution in [0.15, 0.2) is 47.4 Å². The highest BCUT2D eigenvalue weighted by atomic mass is 32.2. The molecule has 0 spiro atoms. The van der Waals surface area contributed by atoms with Crippen molar-refractivity contribution in [2.75, 3.05) is 4.72 Å². The van der Waals surface area contributed by atoms with Gasteiger partial charge in [0.1, 0.15) is 5.75 Å². The number of rotatable bonds is 3. The summed E-state index contributed by atoms with van der Waals surface area (Å²) in [4.78, 5) is 0.0670. The molecule has 0 heterocycles. The topological polar surface area (TPSA) is 90.2 Å². The van der Waals surface area contributed by atoms with Gasteiger partial charge in [0.2, 0.25) is 0 Å². The maximum atomic E-state index is 12.2. The molecule has 0 saturated carbocycles. The van der Waals surface area contributed by atoms with Crippen LogP contribution >= 0.6 is 0 Å². The second-order valence-corrected chi connectivity index (χ2v) is 5.93. The van der Waals surface area contributed by atoms with Crippen molar-refractivity contribution in [2.45, 2.75) is 11.8 Å². The zero-order valence-corrected chi connectivity index (χ0v) is 11.5. The quantitative estimate of drug-likeness (QED) is 0.907. The minimum absolute atomic E-state index is 0.0267. The number of aryl methyl sites for hydroxylation is 1. The number of benzene rings is 2. The average molecular weight is 288 g/mol. The first-order chi connectivity index (χ1) is 9.42. The van der Waals surface area contributed by atoms with Gasteiger partial charge in [0.05, 0.1) is 22.2 Å². The first kappa shape index (κ1) is 13.9. The average Bonchev–Trinajstić information content (AvgIpc) is 2.38. The Kier molecular flexibility index (Phi) is 3.63. The molecule has 0 unspecified atom stereocenters. The molecule has 0 aromatic heterocycles. The Balaban J connectivity index is 2.36. The summed E-state index contributed by atoms with van der Waals surface area (Å²) in [6.45, 7) is 1.67. The summed E-state index contributed by atoms with van der Waals surface area (Å²) < 4.78 is 26.7. The first-order valence-corrected chi connectivity index (χ1v) is 7.23. The van der Waals surface area contributed by atoms with Gasteiger partial charge in [0.25, 0.3) is 10.0 Å². The molecular formula is C14H12N2O3S. The van der Waals surface area contributed by atoms with E-state index >= 15 is 0 Å². The number of nitriles is 1. The summed E-state index contributed by atoms with van der Waals surface area (Å²) in [6, 6.07) is 12.1. The molecule has 0 saturated heterocycles. The van der Waals surface area contributed by atoms with Crippen molar-refractivity contribution < 1.29 is 13.5 Å². The fourth-order valence-electron chi connectivity index (χ4n) is 1.71. The fourth-order valence-corrected chi connectivity index (χ4v) is 2.85. The molecule has 0 fully saturated rings. The third-order valence-electron chi connectivity index (χ3n) is 2.73. The lowest BCUT2D eigenvalue weighted by atomic mass is 10.1. The van der Waals surface area contributed by atoms with Gasteiger partial charge in [0, 0.05) is 6.07 Å². The minimum Gasteiger partial charge on any atom is -0.508 e. The standard InChI is InChI=1S/C14H12N2O3S/c1-10-7-14(6-5-11(10)9-15)20(18,19)16-12-3-2-4-13(17)8-12/h2-8,16-17H,1H3. The van der Waals surface area contributed by atoms with E-state index in [1.165, 1.54) is 42.5 Å². The molecule has 2 N–H and O–H groups in total. The number of sulfonamides is 1. The van der Waals surface area contributed by atoms with Crippen LogP contribution in [0.4, 0.5) is 5.69 Å². The van der Waals surface area contributed by atoms with Crippen LogP contribution in [0.2, 0.25) is 0 Å². The highest BCUT2D eigenvalue weighted by Crippen LogP contribution is 2.21. The van der Waals surface area contributed by atoms with Gasteiger partial charge in [-0.15, -0.1) is 0 Å². The number of phenols is 1. The Morgan fingerprint density at radius 1 is 1.20 bits per heavy atom. The van der Waals surface area contributed by atoms with E-state index in [0.717, 1.165) is 0 Å². The Labute approximate surface area is 117 Å². The molecule has 0 aliphatic heterocycles. The molecule has 2 rings (SSSR count). The number of anilines is 1. The fraction of sp³-hybridized carbons (Fsp3) is 0.0714. The zero-order chi connectivity index (χ0) is 14.8. The lowest BCUT2D eigenvalue weighted by Gasteiger charge is -2.09. The SMILES string of the molecule is Cc1cc(S(=O)(=O)Nc2cccc(O)c2)ccc1C#N. The lowest BCUT2D eigenvalue weighted by Crippen LogP contribution is -2.13. The number of hydrogen-bond acceptors (Lipinski definition) is 4. The summed E-state index contributed by atoms with van der Waals surface area (Å²) in [5.74, 6) is -0.0267. The summed E-state index contributed by atoms with van der Waals surface area (Å²) in [7, 11) is -3.75. The van der Waals surface area contributed by atoms with Gasteiger partial charge in [-0.2, -0.15) is 5.26 Å². The lowest BCUT2D eigenvalue weighted by molar-refractivity contribution is 0.475. The van der Waals surface area contributed by atoms with Crippen molar-refractivity contribution in [1.82, 2.24) is 0 Å². The monoisotopic (exact) mass is 288 g/mol. The Bertz CT molecular complexity index is 792. The van der Waals surface area contributed by atoms with E-state index in [1.54, 1.807) is 6.92 Å². The Hall–Kier alpha value is -2.52. The van der Waals surface area contributed by atoms with Gasteiger partial charge in [-0.05, 0) is 42.8 Å². The molecule has 6 heteroatoms. The molecule has 2 aromatic carbocycles. The van der Waals surface area contributed by atoms with Gasteiger partial charge >= 0.3 is 0 Å². The van der Waals surface area contributed by atoms with Crippen molar-refractivity contribution in [3.8, 4) is 11.8 Å². The molecule has 5 nitrogen and oxygen atoms in total. The summed E-state index contributed by atoms with van der Waals surface area (Å²) >= 11 is 0. The molecule has 0 amide bonds. The minimum atomic E-state index is -3.75. The third-order valence-corrected chi connectivity index (χ3v) is 4.11. The molecule has 0 aliphatic carbocycles. The second kappa shape index (κ2) is 5.23. The molecule has 0 aliphatic rings. The summed E-state index contributed by atoms with van der Waals surface area (Å²) in [6.07, 6.45) is 0. The highest BCUT2D eigenvalue weighted by Gasteiger charge is 2.15. The highest BCUT2D eigenvalue weighted by molar-refractivity contribution is 7.92. The van der Waals surface area contributed by atoms with Crippen LogP contribution in [-0.4, -0.2) is 13.5 Å². The first-order valence-electron chi connectivity index (χ1n) is 5.75. The predicted molar refractivity (Wildman–Crippen MR) is 74.8 cm³/mol. The number of aromatic hydroxyl groups is 1. The van der Waals surface area contributed by atoms with Gasteiger partial charge in [0.15, 0.2) is 0 Å². The maximum absolute atomic E-state index is 12.2.